The molecule has 3 aromatic carbocycles. The van der Waals surface area contributed by atoms with Crippen molar-refractivity contribution in [3.05, 3.63) is 88.2 Å². The summed E-state index contributed by atoms with van der Waals surface area (Å²) in [5, 5.41) is 0.286. The Balaban J connectivity index is 1.64. The van der Waals surface area contributed by atoms with Gasteiger partial charge in [0.05, 0.1) is 29.5 Å². The number of ether oxygens (including phenoxy) is 1. The summed E-state index contributed by atoms with van der Waals surface area (Å²) in [5.74, 6) is -1.03. The Kier molecular flexibility index (Phi) is 6.69. The highest BCUT2D eigenvalue weighted by Crippen LogP contribution is 2.28. The monoisotopic (exact) mass is 488 g/mol. The van der Waals surface area contributed by atoms with Gasteiger partial charge in [-0.25, -0.2) is 12.8 Å². The summed E-state index contributed by atoms with van der Waals surface area (Å²) >= 11 is 6.08. The third kappa shape index (κ3) is 5.19. The van der Waals surface area contributed by atoms with E-state index >= 15 is 0 Å². The van der Waals surface area contributed by atoms with Crippen molar-refractivity contribution in [1.82, 2.24) is 0 Å². The van der Waals surface area contributed by atoms with Gasteiger partial charge in [0.15, 0.2) is 5.78 Å². The van der Waals surface area contributed by atoms with Gasteiger partial charge in [-0.2, -0.15) is 0 Å². The van der Waals surface area contributed by atoms with Crippen LogP contribution in [0.1, 0.15) is 21.5 Å². The molecule has 0 amide bonds. The van der Waals surface area contributed by atoms with Gasteiger partial charge in [-0.15, -0.1) is 0 Å². The van der Waals surface area contributed by atoms with Crippen molar-refractivity contribution in [3.63, 3.8) is 0 Å². The standard InChI is InChI=1S/C24H22ClFN2O4S/c1-16-2-4-17(5-3-16)24(29)20-14-18(25)6-8-22(20)27-33(30,31)19-7-9-23(21(26)15-19)28-10-12-32-13-11-28/h2-9,14-15,27H,10-13H2,1H3. The average Bonchev–Trinajstić information content (AvgIpc) is 2.80. The second-order valence-electron chi connectivity index (χ2n) is 7.70. The van der Waals surface area contributed by atoms with Gasteiger partial charge in [0, 0.05) is 29.2 Å². The fraction of sp³-hybridized carbons (Fsp3) is 0.208. The molecule has 0 bridgehead atoms. The zero-order valence-corrected chi connectivity index (χ0v) is 19.4. The third-order valence-electron chi connectivity index (χ3n) is 5.37. The molecular weight excluding hydrogens is 467 g/mol. The Hall–Kier alpha value is -2.94. The normalized spacial score (nSPS) is 14.2. The molecule has 0 unspecified atom stereocenters. The molecule has 0 atom stereocenters. The number of benzene rings is 3. The smallest absolute Gasteiger partial charge is 0.262 e. The lowest BCUT2D eigenvalue weighted by Gasteiger charge is -2.29. The van der Waals surface area contributed by atoms with Crippen molar-refractivity contribution >= 4 is 38.8 Å². The molecule has 33 heavy (non-hydrogen) atoms. The largest absolute Gasteiger partial charge is 0.378 e. The molecule has 1 fully saturated rings. The summed E-state index contributed by atoms with van der Waals surface area (Å²) in [6.45, 7) is 3.91. The van der Waals surface area contributed by atoms with Crippen LogP contribution >= 0.6 is 11.6 Å². The fourth-order valence-corrected chi connectivity index (χ4v) is 4.84. The number of aryl methyl sites for hydroxylation is 1. The molecule has 4 rings (SSSR count). The van der Waals surface area contributed by atoms with Crippen molar-refractivity contribution in [2.24, 2.45) is 0 Å². The van der Waals surface area contributed by atoms with Crippen molar-refractivity contribution in [2.75, 3.05) is 35.9 Å². The fourth-order valence-electron chi connectivity index (χ4n) is 3.57. The van der Waals surface area contributed by atoms with E-state index in [0.29, 0.717) is 37.6 Å². The molecule has 0 aromatic heterocycles. The Labute approximate surface area is 197 Å². The lowest BCUT2D eigenvalue weighted by atomic mass is 10.0. The highest BCUT2D eigenvalue weighted by Gasteiger charge is 2.23. The van der Waals surface area contributed by atoms with E-state index in [1.165, 1.54) is 30.3 Å². The number of carbonyl (C=O) groups is 1. The summed E-state index contributed by atoms with van der Waals surface area (Å²) in [4.78, 5) is 14.6. The van der Waals surface area contributed by atoms with Gasteiger partial charge in [0.25, 0.3) is 10.0 Å². The summed E-state index contributed by atoms with van der Waals surface area (Å²) in [7, 11) is -4.17. The molecule has 172 valence electrons. The van der Waals surface area contributed by atoms with Crippen LogP contribution in [0.5, 0.6) is 0 Å². The number of carbonyl (C=O) groups excluding carboxylic acids is 1. The quantitative estimate of drug-likeness (QED) is 0.511. The van der Waals surface area contributed by atoms with Crippen molar-refractivity contribution in [2.45, 2.75) is 11.8 Å². The predicted molar refractivity (Wildman–Crippen MR) is 126 cm³/mol. The first kappa shape index (κ1) is 23.2. The number of rotatable bonds is 6. The predicted octanol–water partition coefficient (Wildman–Crippen LogP) is 4.66. The second-order valence-corrected chi connectivity index (χ2v) is 9.82. The highest BCUT2D eigenvalue weighted by molar-refractivity contribution is 7.92. The number of hydrogen-bond donors (Lipinski definition) is 1. The Morgan fingerprint density at radius 2 is 1.73 bits per heavy atom. The van der Waals surface area contributed by atoms with E-state index in [2.05, 4.69) is 4.72 Å². The van der Waals surface area contributed by atoms with Crippen molar-refractivity contribution in [3.8, 4) is 0 Å². The minimum absolute atomic E-state index is 0.0580. The van der Waals surface area contributed by atoms with Crippen LogP contribution in [0, 0.1) is 12.7 Å². The van der Waals surface area contributed by atoms with Gasteiger partial charge in [0.1, 0.15) is 5.82 Å². The van der Waals surface area contributed by atoms with Crippen LogP contribution in [-0.2, 0) is 14.8 Å². The van der Waals surface area contributed by atoms with E-state index in [9.17, 15) is 17.6 Å². The molecule has 9 heteroatoms. The molecular formula is C24H22ClFN2O4S. The molecule has 0 spiro atoms. The summed E-state index contributed by atoms with van der Waals surface area (Å²) < 4.78 is 48.5. The topological polar surface area (TPSA) is 75.7 Å². The molecule has 3 aromatic rings. The van der Waals surface area contributed by atoms with Gasteiger partial charge in [-0.3, -0.25) is 9.52 Å². The zero-order valence-electron chi connectivity index (χ0n) is 17.8. The molecule has 1 heterocycles. The summed E-state index contributed by atoms with van der Waals surface area (Å²) in [6, 6.07) is 15.0. The minimum Gasteiger partial charge on any atom is -0.378 e. The number of nitrogens with one attached hydrogen (secondary N) is 1. The third-order valence-corrected chi connectivity index (χ3v) is 6.96. The number of morpholine rings is 1. The molecule has 1 aliphatic heterocycles. The SMILES string of the molecule is Cc1ccc(C(=O)c2cc(Cl)ccc2NS(=O)(=O)c2ccc(N3CCOCC3)c(F)c2)cc1. The van der Waals surface area contributed by atoms with Crippen molar-refractivity contribution < 1.29 is 22.3 Å². The lowest BCUT2D eigenvalue weighted by Crippen LogP contribution is -2.36. The van der Waals surface area contributed by atoms with Gasteiger partial charge < -0.3 is 9.64 Å². The number of nitrogens with zero attached hydrogens (tertiary/aromatic N) is 1. The number of hydrogen-bond acceptors (Lipinski definition) is 5. The number of halogens is 2. The zero-order chi connectivity index (χ0) is 23.6. The van der Waals surface area contributed by atoms with E-state index in [1.807, 2.05) is 6.92 Å². The number of ketones is 1. The second kappa shape index (κ2) is 9.51. The first-order valence-electron chi connectivity index (χ1n) is 10.3. The molecule has 0 saturated carbocycles. The maximum atomic E-state index is 14.8. The molecule has 0 radical (unpaired) electrons. The van der Waals surface area contributed by atoms with Crippen LogP contribution < -0.4 is 9.62 Å². The maximum absolute atomic E-state index is 14.8. The van der Waals surface area contributed by atoms with Crippen LogP contribution in [0.3, 0.4) is 0 Å². The molecule has 6 nitrogen and oxygen atoms in total. The number of sulfonamides is 1. The van der Waals surface area contributed by atoms with Gasteiger partial charge >= 0.3 is 0 Å². The van der Waals surface area contributed by atoms with Crippen LogP contribution in [-0.4, -0.2) is 40.5 Å². The van der Waals surface area contributed by atoms with Crippen LogP contribution in [0.25, 0.3) is 0 Å². The van der Waals surface area contributed by atoms with Gasteiger partial charge in [-0.1, -0.05) is 41.4 Å². The van der Waals surface area contributed by atoms with E-state index < -0.39 is 15.8 Å². The average molecular weight is 489 g/mol. The summed E-state index contributed by atoms with van der Waals surface area (Å²) in [6.07, 6.45) is 0. The molecule has 1 saturated heterocycles. The van der Waals surface area contributed by atoms with E-state index in [0.717, 1.165) is 11.6 Å². The van der Waals surface area contributed by atoms with E-state index in [1.54, 1.807) is 29.2 Å². The van der Waals surface area contributed by atoms with E-state index in [4.69, 9.17) is 16.3 Å². The van der Waals surface area contributed by atoms with Crippen LogP contribution in [0.15, 0.2) is 65.6 Å². The highest BCUT2D eigenvalue weighted by atomic mass is 35.5. The Bertz CT molecular complexity index is 1290. The minimum atomic E-state index is -4.17. The van der Waals surface area contributed by atoms with E-state index in [-0.39, 0.29) is 27.0 Å². The molecule has 1 N–H and O–H groups in total. The molecule has 0 aliphatic carbocycles. The molecule has 1 aliphatic rings. The van der Waals surface area contributed by atoms with Crippen LogP contribution in [0.2, 0.25) is 5.02 Å². The Morgan fingerprint density at radius 1 is 1.03 bits per heavy atom. The van der Waals surface area contributed by atoms with Gasteiger partial charge in [0.2, 0.25) is 0 Å². The maximum Gasteiger partial charge on any atom is 0.262 e. The first-order valence-corrected chi connectivity index (χ1v) is 12.2. The Morgan fingerprint density at radius 3 is 2.39 bits per heavy atom. The number of anilines is 2. The van der Waals surface area contributed by atoms with Gasteiger partial charge in [-0.05, 0) is 43.3 Å². The lowest BCUT2D eigenvalue weighted by molar-refractivity contribution is 0.103. The van der Waals surface area contributed by atoms with Crippen molar-refractivity contribution in [1.29, 1.82) is 0 Å². The first-order chi connectivity index (χ1) is 15.7. The summed E-state index contributed by atoms with van der Waals surface area (Å²) in [5.41, 5.74) is 1.85. The van der Waals surface area contributed by atoms with Crippen LogP contribution in [0.4, 0.5) is 15.8 Å².